The first kappa shape index (κ1) is 8.73. The Balaban J connectivity index is 1.95. The molecule has 2 aliphatic heterocycles. The number of nitrogens with zero attached hydrogens (tertiary/aromatic N) is 1. The molecule has 0 unspecified atom stereocenters. The minimum atomic E-state index is 0.204. The molecule has 3 rings (SSSR count). The van der Waals surface area contributed by atoms with Crippen molar-refractivity contribution in [2.24, 2.45) is 0 Å². The number of fused-ring (bicyclic) bond motifs is 1. The van der Waals surface area contributed by atoms with Crippen LogP contribution in [-0.4, -0.2) is 12.5 Å². The summed E-state index contributed by atoms with van der Waals surface area (Å²) < 4.78 is 0. The van der Waals surface area contributed by atoms with Crippen LogP contribution in [0.3, 0.4) is 0 Å². The number of rotatable bonds is 1. The lowest BCUT2D eigenvalue weighted by Gasteiger charge is -2.15. The van der Waals surface area contributed by atoms with Crippen LogP contribution in [0.5, 0.6) is 5.75 Å². The van der Waals surface area contributed by atoms with Gasteiger partial charge >= 0.3 is 0 Å². The molecule has 78 valence electrons. The van der Waals surface area contributed by atoms with Crippen LogP contribution in [0.4, 0.5) is 5.69 Å². The van der Waals surface area contributed by atoms with Crippen LogP contribution in [0.2, 0.25) is 0 Å². The van der Waals surface area contributed by atoms with Crippen molar-refractivity contribution in [3.05, 3.63) is 23.8 Å². The van der Waals surface area contributed by atoms with E-state index in [1.54, 1.807) is 0 Å². The lowest BCUT2D eigenvalue weighted by Crippen LogP contribution is -2.23. The van der Waals surface area contributed by atoms with Gasteiger partial charge in [-0.15, -0.1) is 0 Å². The van der Waals surface area contributed by atoms with Crippen LogP contribution in [0.15, 0.2) is 18.2 Å². The molecule has 4 heteroatoms. The number of carbonyl (C=O) groups is 1. The Labute approximate surface area is 87.3 Å². The Morgan fingerprint density at radius 3 is 3.07 bits per heavy atom. The number of amides is 1. The van der Waals surface area contributed by atoms with Gasteiger partial charge < -0.3 is 9.79 Å². The SMILES string of the molecule is O=C1CCCN1c1ccc2c(c1)COO2. The number of anilines is 1. The summed E-state index contributed by atoms with van der Waals surface area (Å²) in [5.41, 5.74) is 1.96. The molecule has 1 saturated heterocycles. The highest BCUT2D eigenvalue weighted by atomic mass is 17.2. The quantitative estimate of drug-likeness (QED) is 0.654. The largest absolute Gasteiger partial charge is 0.337 e. The van der Waals surface area contributed by atoms with E-state index in [1.807, 2.05) is 23.1 Å². The van der Waals surface area contributed by atoms with Crippen molar-refractivity contribution in [1.29, 1.82) is 0 Å². The lowest BCUT2D eigenvalue weighted by atomic mass is 10.2. The summed E-state index contributed by atoms with van der Waals surface area (Å²) in [5.74, 6) is 0.958. The van der Waals surface area contributed by atoms with E-state index in [4.69, 9.17) is 9.78 Å². The minimum absolute atomic E-state index is 0.204. The van der Waals surface area contributed by atoms with Crippen molar-refractivity contribution >= 4 is 11.6 Å². The maximum Gasteiger partial charge on any atom is 0.227 e. The van der Waals surface area contributed by atoms with Crippen molar-refractivity contribution in [1.82, 2.24) is 0 Å². The average Bonchev–Trinajstić information content (AvgIpc) is 2.84. The smallest absolute Gasteiger partial charge is 0.227 e. The molecule has 0 aliphatic carbocycles. The third-order valence-corrected chi connectivity index (χ3v) is 2.79. The first-order valence-electron chi connectivity index (χ1n) is 5.07. The van der Waals surface area contributed by atoms with E-state index in [1.165, 1.54) is 0 Å². The second-order valence-corrected chi connectivity index (χ2v) is 3.79. The van der Waals surface area contributed by atoms with Crippen molar-refractivity contribution in [3.63, 3.8) is 0 Å². The predicted octanol–water partition coefficient (Wildman–Crippen LogP) is 1.64. The molecule has 15 heavy (non-hydrogen) atoms. The Hall–Kier alpha value is -1.55. The number of hydrogen-bond donors (Lipinski definition) is 0. The molecule has 4 nitrogen and oxygen atoms in total. The monoisotopic (exact) mass is 205 g/mol. The Bertz CT molecular complexity index is 416. The number of carbonyl (C=O) groups excluding carboxylic acids is 1. The fourth-order valence-corrected chi connectivity index (χ4v) is 2.01. The lowest BCUT2D eigenvalue weighted by molar-refractivity contribution is -0.194. The number of benzene rings is 1. The zero-order valence-electron chi connectivity index (χ0n) is 8.23. The van der Waals surface area contributed by atoms with Crippen LogP contribution in [0.1, 0.15) is 18.4 Å². The third-order valence-electron chi connectivity index (χ3n) is 2.79. The van der Waals surface area contributed by atoms with Gasteiger partial charge in [-0.1, -0.05) is 0 Å². The molecule has 2 heterocycles. The van der Waals surface area contributed by atoms with Gasteiger partial charge in [0, 0.05) is 24.2 Å². The van der Waals surface area contributed by atoms with Gasteiger partial charge in [-0.2, -0.15) is 4.89 Å². The van der Waals surface area contributed by atoms with Gasteiger partial charge in [0.15, 0.2) is 5.75 Å². The highest BCUT2D eigenvalue weighted by Gasteiger charge is 2.23. The standard InChI is InChI=1S/C11H11NO3/c13-11-2-1-5-12(11)9-3-4-10-8(6-9)7-14-15-10/h3-4,6H,1-2,5,7H2. The van der Waals surface area contributed by atoms with Crippen molar-refractivity contribution in [2.45, 2.75) is 19.4 Å². The summed E-state index contributed by atoms with van der Waals surface area (Å²) in [4.78, 5) is 23.2. The summed E-state index contributed by atoms with van der Waals surface area (Å²) in [6.07, 6.45) is 1.60. The Morgan fingerprint density at radius 2 is 2.27 bits per heavy atom. The average molecular weight is 205 g/mol. The Morgan fingerprint density at radius 1 is 1.33 bits per heavy atom. The highest BCUT2D eigenvalue weighted by Crippen LogP contribution is 2.31. The second kappa shape index (κ2) is 3.24. The topological polar surface area (TPSA) is 38.8 Å². The molecule has 0 aromatic heterocycles. The van der Waals surface area contributed by atoms with Crippen LogP contribution in [0, 0.1) is 0 Å². The van der Waals surface area contributed by atoms with Crippen LogP contribution in [0.25, 0.3) is 0 Å². The summed E-state index contributed by atoms with van der Waals surface area (Å²) in [6.45, 7) is 1.28. The molecule has 1 aromatic rings. The maximum atomic E-state index is 11.5. The maximum absolute atomic E-state index is 11.5. The van der Waals surface area contributed by atoms with Crippen LogP contribution >= 0.6 is 0 Å². The molecule has 0 saturated carbocycles. The van der Waals surface area contributed by atoms with Gasteiger partial charge in [0.1, 0.15) is 6.61 Å². The van der Waals surface area contributed by atoms with Gasteiger partial charge in [-0.3, -0.25) is 4.79 Å². The van der Waals surface area contributed by atoms with Gasteiger partial charge in [0.25, 0.3) is 0 Å². The van der Waals surface area contributed by atoms with Gasteiger partial charge in [-0.25, -0.2) is 0 Å². The number of hydrogen-bond acceptors (Lipinski definition) is 3. The molecule has 1 amide bonds. The van der Waals surface area contributed by atoms with E-state index in [-0.39, 0.29) is 5.91 Å². The van der Waals surface area contributed by atoms with Crippen molar-refractivity contribution in [3.8, 4) is 5.75 Å². The van der Waals surface area contributed by atoms with E-state index in [9.17, 15) is 4.79 Å². The molecule has 1 aromatic carbocycles. The van der Waals surface area contributed by atoms with Gasteiger partial charge in [-0.05, 0) is 24.6 Å². The first-order valence-corrected chi connectivity index (χ1v) is 5.07. The highest BCUT2D eigenvalue weighted by molar-refractivity contribution is 5.95. The Kier molecular flexibility index (Phi) is 1.89. The van der Waals surface area contributed by atoms with Crippen molar-refractivity contribution in [2.75, 3.05) is 11.4 Å². The molecule has 0 spiro atoms. The van der Waals surface area contributed by atoms with E-state index >= 15 is 0 Å². The van der Waals surface area contributed by atoms with Gasteiger partial charge in [0.05, 0.1) is 0 Å². The molecule has 0 bridgehead atoms. The second-order valence-electron chi connectivity index (χ2n) is 3.79. The molecule has 1 fully saturated rings. The van der Waals surface area contributed by atoms with E-state index < -0.39 is 0 Å². The predicted molar refractivity (Wildman–Crippen MR) is 53.4 cm³/mol. The summed E-state index contributed by atoms with van der Waals surface area (Å²) >= 11 is 0. The normalized spacial score (nSPS) is 19.2. The van der Waals surface area contributed by atoms with Crippen molar-refractivity contribution < 1.29 is 14.6 Å². The van der Waals surface area contributed by atoms with Gasteiger partial charge in [0.2, 0.25) is 5.91 Å². The zero-order valence-corrected chi connectivity index (χ0v) is 8.23. The fourth-order valence-electron chi connectivity index (χ4n) is 2.01. The van der Waals surface area contributed by atoms with E-state index in [0.717, 1.165) is 30.0 Å². The first-order chi connectivity index (χ1) is 7.34. The molecule has 2 aliphatic rings. The molecule has 0 N–H and O–H groups in total. The van der Waals surface area contributed by atoms with E-state index in [2.05, 4.69) is 0 Å². The van der Waals surface area contributed by atoms with Crippen LogP contribution in [-0.2, 0) is 16.3 Å². The summed E-state index contributed by atoms with van der Waals surface area (Å²) in [6, 6.07) is 5.71. The minimum Gasteiger partial charge on any atom is -0.337 e. The third kappa shape index (κ3) is 1.37. The van der Waals surface area contributed by atoms with E-state index in [0.29, 0.717) is 13.0 Å². The summed E-state index contributed by atoms with van der Waals surface area (Å²) in [7, 11) is 0. The van der Waals surface area contributed by atoms with Crippen LogP contribution < -0.4 is 9.79 Å². The molecule has 0 atom stereocenters. The fraction of sp³-hybridized carbons (Fsp3) is 0.364. The molecular weight excluding hydrogens is 194 g/mol. The summed E-state index contributed by atoms with van der Waals surface area (Å²) in [5, 5.41) is 0. The zero-order chi connectivity index (χ0) is 10.3. The molecular formula is C11H11NO3. The molecule has 0 radical (unpaired) electrons.